The molecule has 0 aromatic heterocycles. The van der Waals surface area contributed by atoms with E-state index in [1.54, 1.807) is 0 Å². The van der Waals surface area contributed by atoms with E-state index in [-0.39, 0.29) is 0 Å². The highest BCUT2D eigenvalue weighted by molar-refractivity contribution is 6.57. The Morgan fingerprint density at radius 3 is 1.00 bits per heavy atom. The normalized spacial score (nSPS) is 16.0. The average Bonchev–Trinajstić information content (AvgIpc) is 3.63. The number of para-hydroxylation sites is 2. The number of ether oxygens (including phenoxy) is 1. The Kier molecular flexibility index (Phi) is 10.5. The van der Waals surface area contributed by atoms with Crippen LogP contribution in [0.15, 0.2) is 94.9 Å². The zero-order valence-corrected chi connectivity index (χ0v) is 28.5. The first-order valence-corrected chi connectivity index (χ1v) is 16.9. The molecule has 0 N–H and O–H groups in total. The van der Waals surface area contributed by atoms with Gasteiger partial charge in [0, 0.05) is 24.3 Å². The number of benzene rings is 4. The van der Waals surface area contributed by atoms with E-state index >= 15 is 0 Å². The minimum atomic E-state index is 0.360. The maximum atomic E-state index is 5.61. The predicted molar refractivity (Wildman–Crippen MR) is 194 cm³/mol. The second kappa shape index (κ2) is 14.5. The van der Waals surface area contributed by atoms with Crippen molar-refractivity contribution in [2.75, 3.05) is 13.2 Å². The molecule has 1 saturated heterocycles. The highest BCUT2D eigenvalue weighted by Gasteiger charge is 2.29. The molecule has 0 spiro atoms. The molecule has 234 valence electrons. The Hall–Kier alpha value is -3.82. The molecule has 1 aliphatic heterocycles. The molecule has 0 radical (unpaired) electrons. The molecule has 1 fully saturated rings. The molecule has 6 rings (SSSR count). The smallest absolute Gasteiger partial charge is 0.0978 e. The lowest BCUT2D eigenvalue weighted by molar-refractivity contribution is 0.198. The fourth-order valence-corrected chi connectivity index (χ4v) is 6.35. The lowest BCUT2D eigenvalue weighted by atomic mass is 9.82. The SMILES string of the molecule is C1CCOC1.CC(C)c1cccc(C(C)C)c1N=C1C(=Nc2c(C(C)C)cccc2C(C)C)c2ccccc2-c2ccccc21. The van der Waals surface area contributed by atoms with Crippen molar-refractivity contribution in [3.8, 4) is 11.1 Å². The van der Waals surface area contributed by atoms with E-state index in [2.05, 4.69) is 140 Å². The van der Waals surface area contributed by atoms with Gasteiger partial charge in [-0.25, -0.2) is 9.98 Å². The van der Waals surface area contributed by atoms with E-state index < -0.39 is 0 Å². The maximum absolute atomic E-state index is 5.61. The largest absolute Gasteiger partial charge is 0.381 e. The maximum Gasteiger partial charge on any atom is 0.0978 e. The van der Waals surface area contributed by atoms with Crippen molar-refractivity contribution in [3.63, 3.8) is 0 Å². The molecule has 45 heavy (non-hydrogen) atoms. The van der Waals surface area contributed by atoms with Crippen molar-refractivity contribution in [1.82, 2.24) is 0 Å². The van der Waals surface area contributed by atoms with Crippen LogP contribution in [0.25, 0.3) is 11.1 Å². The Labute approximate surface area is 271 Å². The third-order valence-electron chi connectivity index (χ3n) is 8.84. The second-order valence-electron chi connectivity index (χ2n) is 13.5. The summed E-state index contributed by atoms with van der Waals surface area (Å²) < 4.78 is 4.94. The summed E-state index contributed by atoms with van der Waals surface area (Å²) in [6, 6.07) is 30.7. The van der Waals surface area contributed by atoms with Crippen LogP contribution < -0.4 is 0 Å². The molecule has 2 aliphatic rings. The summed E-state index contributed by atoms with van der Waals surface area (Å²) in [6.07, 6.45) is 2.56. The van der Waals surface area contributed by atoms with Crippen LogP contribution in [0.3, 0.4) is 0 Å². The van der Waals surface area contributed by atoms with Crippen molar-refractivity contribution < 1.29 is 4.74 Å². The van der Waals surface area contributed by atoms with Crippen molar-refractivity contribution >= 4 is 22.8 Å². The van der Waals surface area contributed by atoms with E-state index in [1.165, 1.54) is 46.2 Å². The van der Waals surface area contributed by atoms with Gasteiger partial charge in [-0.15, -0.1) is 0 Å². The van der Waals surface area contributed by atoms with Gasteiger partial charge in [0.1, 0.15) is 0 Å². The van der Waals surface area contributed by atoms with Gasteiger partial charge in [-0.05, 0) is 69.9 Å². The van der Waals surface area contributed by atoms with Crippen molar-refractivity contribution in [3.05, 3.63) is 118 Å². The molecular weight excluding hydrogens is 548 g/mol. The first-order valence-electron chi connectivity index (χ1n) is 16.9. The Morgan fingerprint density at radius 2 is 0.733 bits per heavy atom. The van der Waals surface area contributed by atoms with Gasteiger partial charge in [0.25, 0.3) is 0 Å². The fourth-order valence-electron chi connectivity index (χ4n) is 6.35. The fraction of sp³-hybridized carbons (Fsp3) is 0.381. The number of aliphatic imine (C=N–C) groups is 2. The van der Waals surface area contributed by atoms with Gasteiger partial charge in [0.05, 0.1) is 22.8 Å². The summed E-state index contributed by atoms with van der Waals surface area (Å²) in [7, 11) is 0. The zero-order valence-electron chi connectivity index (χ0n) is 28.5. The van der Waals surface area contributed by atoms with Crippen LogP contribution in [0.4, 0.5) is 11.4 Å². The summed E-state index contributed by atoms with van der Waals surface area (Å²) in [5.74, 6) is 1.44. The zero-order chi connectivity index (χ0) is 32.1. The highest BCUT2D eigenvalue weighted by atomic mass is 16.5. The number of hydrogen-bond donors (Lipinski definition) is 0. The van der Waals surface area contributed by atoms with Crippen LogP contribution in [-0.4, -0.2) is 24.6 Å². The molecule has 4 aromatic rings. The van der Waals surface area contributed by atoms with Crippen molar-refractivity contribution in [2.45, 2.75) is 91.9 Å². The minimum Gasteiger partial charge on any atom is -0.381 e. The highest BCUT2D eigenvalue weighted by Crippen LogP contribution is 2.41. The Bertz CT molecular complexity index is 1500. The lowest BCUT2D eigenvalue weighted by Gasteiger charge is -2.26. The van der Waals surface area contributed by atoms with E-state index in [1.807, 2.05) is 0 Å². The summed E-state index contributed by atoms with van der Waals surface area (Å²) in [5, 5.41) is 0. The van der Waals surface area contributed by atoms with Crippen molar-refractivity contribution in [2.24, 2.45) is 9.98 Å². The number of fused-ring (bicyclic) bond motifs is 3. The molecule has 1 heterocycles. The minimum absolute atomic E-state index is 0.360. The van der Waals surface area contributed by atoms with Crippen LogP contribution in [-0.2, 0) is 4.74 Å². The molecule has 0 atom stereocenters. The monoisotopic (exact) mass is 598 g/mol. The Morgan fingerprint density at radius 1 is 0.422 bits per heavy atom. The summed E-state index contributed by atoms with van der Waals surface area (Å²) >= 11 is 0. The quantitative estimate of drug-likeness (QED) is 0.217. The first kappa shape index (κ1) is 32.6. The molecule has 0 unspecified atom stereocenters. The van der Waals surface area contributed by atoms with Crippen LogP contribution in [0.1, 0.15) is 125 Å². The standard InChI is InChI=1S/C38H42N2.C4H8O/c1-23(2)27-19-13-20-28(24(3)4)35(27)39-37-33-17-11-9-15-31(33)32-16-10-12-18-34(32)38(37)40-36-29(25(5)6)21-14-22-30(36)26(7)8;1-2-4-5-3-1/h9-26H,1-8H3;1-4H2. The second-order valence-corrected chi connectivity index (χ2v) is 13.5. The topological polar surface area (TPSA) is 34.0 Å². The van der Waals surface area contributed by atoms with Gasteiger partial charge in [0.15, 0.2) is 0 Å². The summed E-state index contributed by atoms with van der Waals surface area (Å²) in [4.78, 5) is 11.2. The van der Waals surface area contributed by atoms with Crippen LogP contribution in [0.2, 0.25) is 0 Å². The van der Waals surface area contributed by atoms with Gasteiger partial charge >= 0.3 is 0 Å². The molecule has 0 bridgehead atoms. The molecule has 3 nitrogen and oxygen atoms in total. The molecular formula is C42H50N2O. The third kappa shape index (κ3) is 7.05. The van der Waals surface area contributed by atoms with Gasteiger partial charge in [-0.3, -0.25) is 0 Å². The number of hydrogen-bond acceptors (Lipinski definition) is 3. The van der Waals surface area contributed by atoms with Gasteiger partial charge < -0.3 is 4.74 Å². The molecule has 0 amide bonds. The van der Waals surface area contributed by atoms with Crippen LogP contribution in [0, 0.1) is 0 Å². The van der Waals surface area contributed by atoms with Gasteiger partial charge in [0.2, 0.25) is 0 Å². The molecule has 0 saturated carbocycles. The van der Waals surface area contributed by atoms with E-state index in [4.69, 9.17) is 14.7 Å². The average molecular weight is 599 g/mol. The number of nitrogens with zero attached hydrogens (tertiary/aromatic N) is 2. The summed E-state index contributed by atoms with van der Waals surface area (Å²) in [6.45, 7) is 20.1. The van der Waals surface area contributed by atoms with E-state index in [0.29, 0.717) is 23.7 Å². The molecule has 3 heteroatoms. The lowest BCUT2D eigenvalue weighted by Crippen LogP contribution is -2.23. The van der Waals surface area contributed by atoms with E-state index in [9.17, 15) is 0 Å². The summed E-state index contributed by atoms with van der Waals surface area (Å²) in [5.41, 5.74) is 13.9. The Balaban J connectivity index is 0.000000729. The first-order chi connectivity index (χ1) is 21.7. The van der Waals surface area contributed by atoms with Gasteiger partial charge in [-0.1, -0.05) is 140 Å². The van der Waals surface area contributed by atoms with Gasteiger partial charge in [-0.2, -0.15) is 0 Å². The third-order valence-corrected chi connectivity index (χ3v) is 8.84. The van der Waals surface area contributed by atoms with Crippen LogP contribution in [0.5, 0.6) is 0 Å². The van der Waals surface area contributed by atoms with E-state index in [0.717, 1.165) is 47.1 Å². The van der Waals surface area contributed by atoms with Crippen LogP contribution >= 0.6 is 0 Å². The molecule has 4 aromatic carbocycles. The predicted octanol–water partition coefficient (Wildman–Crippen LogP) is 11.9. The number of rotatable bonds is 6. The molecule has 1 aliphatic carbocycles. The van der Waals surface area contributed by atoms with Crippen molar-refractivity contribution in [1.29, 1.82) is 0 Å².